The van der Waals surface area contributed by atoms with Crippen molar-refractivity contribution >= 4 is 35.8 Å². The maximum atomic E-state index is 12.6. The maximum Gasteiger partial charge on any atom is 0.573 e. The van der Waals surface area contributed by atoms with Gasteiger partial charge in [0.2, 0.25) is 5.91 Å². The summed E-state index contributed by atoms with van der Waals surface area (Å²) in [7, 11) is 1.65. The molecule has 2 aliphatic rings. The zero-order chi connectivity index (χ0) is 21.2. The van der Waals surface area contributed by atoms with Crippen LogP contribution < -0.4 is 15.4 Å². The molecule has 3 atom stereocenters. The molecule has 10 heteroatoms. The molecule has 2 N–H and O–H groups in total. The molecule has 6 nitrogen and oxygen atoms in total. The fourth-order valence-electron chi connectivity index (χ4n) is 3.69. The first-order valence-electron chi connectivity index (χ1n) is 9.81. The minimum absolute atomic E-state index is 0. The molecular weight excluding hydrogens is 512 g/mol. The van der Waals surface area contributed by atoms with Gasteiger partial charge in [0.15, 0.2) is 5.96 Å². The molecule has 1 aliphatic carbocycles. The van der Waals surface area contributed by atoms with Crippen LogP contribution in [-0.2, 0) is 4.79 Å². The van der Waals surface area contributed by atoms with Crippen molar-refractivity contribution in [2.24, 2.45) is 10.9 Å². The number of carbonyl (C=O) groups is 1. The van der Waals surface area contributed by atoms with E-state index in [0.29, 0.717) is 31.0 Å². The molecule has 1 aliphatic heterocycles. The zero-order valence-corrected chi connectivity index (χ0v) is 19.5. The Morgan fingerprint density at radius 1 is 1.27 bits per heavy atom. The number of nitrogens with zero attached hydrogens (tertiary/aromatic N) is 2. The third kappa shape index (κ3) is 6.39. The Kier molecular flexibility index (Phi) is 8.23. The number of halogens is 4. The molecule has 3 unspecified atom stereocenters. The van der Waals surface area contributed by atoms with E-state index in [1.807, 2.05) is 18.7 Å². The number of para-hydroxylation sites is 1. The van der Waals surface area contributed by atoms with Crippen LogP contribution in [0, 0.1) is 5.92 Å². The number of ether oxygens (including phenoxy) is 1. The number of benzene rings is 1. The highest BCUT2D eigenvalue weighted by Crippen LogP contribution is 2.45. The van der Waals surface area contributed by atoms with Gasteiger partial charge in [0, 0.05) is 44.1 Å². The van der Waals surface area contributed by atoms with Crippen LogP contribution in [0.15, 0.2) is 29.3 Å². The van der Waals surface area contributed by atoms with Crippen molar-refractivity contribution in [3.63, 3.8) is 0 Å². The van der Waals surface area contributed by atoms with E-state index in [1.54, 1.807) is 19.2 Å². The Bertz CT molecular complexity index is 773. The molecule has 1 saturated heterocycles. The van der Waals surface area contributed by atoms with E-state index >= 15 is 0 Å². The van der Waals surface area contributed by atoms with E-state index in [-0.39, 0.29) is 59.6 Å². The van der Waals surface area contributed by atoms with Crippen LogP contribution >= 0.6 is 24.0 Å². The second kappa shape index (κ2) is 10.1. The second-order valence-electron chi connectivity index (χ2n) is 7.82. The summed E-state index contributed by atoms with van der Waals surface area (Å²) < 4.78 is 42.1. The summed E-state index contributed by atoms with van der Waals surface area (Å²) in [6, 6.07) is 6.32. The largest absolute Gasteiger partial charge is 0.573 e. The van der Waals surface area contributed by atoms with Crippen LogP contribution in [0.25, 0.3) is 0 Å². The molecule has 1 saturated carbocycles. The third-order valence-electron chi connectivity index (χ3n) is 5.21. The average molecular weight is 540 g/mol. The Labute approximate surface area is 191 Å². The van der Waals surface area contributed by atoms with Gasteiger partial charge in [-0.3, -0.25) is 9.79 Å². The van der Waals surface area contributed by atoms with Crippen molar-refractivity contribution < 1.29 is 22.7 Å². The van der Waals surface area contributed by atoms with Gasteiger partial charge in [-0.1, -0.05) is 32.0 Å². The molecule has 1 aromatic rings. The normalized spacial score (nSPS) is 23.8. The van der Waals surface area contributed by atoms with Crippen LogP contribution in [0.1, 0.15) is 38.2 Å². The summed E-state index contributed by atoms with van der Waals surface area (Å²) in [5, 5.41) is 6.59. The highest BCUT2D eigenvalue weighted by Gasteiger charge is 2.42. The fourth-order valence-corrected chi connectivity index (χ4v) is 3.69. The van der Waals surface area contributed by atoms with E-state index < -0.39 is 6.36 Å². The first kappa shape index (κ1) is 24.5. The van der Waals surface area contributed by atoms with Gasteiger partial charge in [-0.25, -0.2) is 0 Å². The molecular formula is C20H28F3IN4O2. The lowest BCUT2D eigenvalue weighted by atomic mass is 10.1. The SMILES string of the molecule is CN=C(NC1CCN(C(=O)C(C)C)C1)NC1CC1c1ccccc1OC(F)(F)F.I. The summed E-state index contributed by atoms with van der Waals surface area (Å²) in [4.78, 5) is 18.2. The molecule has 0 radical (unpaired) electrons. The molecule has 1 aromatic carbocycles. The summed E-state index contributed by atoms with van der Waals surface area (Å²) in [6.45, 7) is 5.10. The van der Waals surface area contributed by atoms with Gasteiger partial charge in [0.05, 0.1) is 0 Å². The predicted molar refractivity (Wildman–Crippen MR) is 119 cm³/mol. The number of alkyl halides is 3. The summed E-state index contributed by atoms with van der Waals surface area (Å²) in [5.41, 5.74) is 0.535. The number of nitrogens with one attached hydrogen (secondary N) is 2. The van der Waals surface area contributed by atoms with E-state index in [4.69, 9.17) is 0 Å². The van der Waals surface area contributed by atoms with Crippen molar-refractivity contribution in [3.05, 3.63) is 29.8 Å². The predicted octanol–water partition coefficient (Wildman–Crippen LogP) is 3.48. The molecule has 2 fully saturated rings. The highest BCUT2D eigenvalue weighted by atomic mass is 127. The minimum Gasteiger partial charge on any atom is -0.405 e. The minimum atomic E-state index is -4.72. The quantitative estimate of drug-likeness (QED) is 0.341. The van der Waals surface area contributed by atoms with Crippen molar-refractivity contribution in [3.8, 4) is 5.75 Å². The summed E-state index contributed by atoms with van der Waals surface area (Å²) in [5.74, 6) is 0.472. The number of amides is 1. The third-order valence-corrected chi connectivity index (χ3v) is 5.21. The van der Waals surface area contributed by atoms with E-state index in [9.17, 15) is 18.0 Å². The first-order chi connectivity index (χ1) is 13.7. The average Bonchev–Trinajstić information content (AvgIpc) is 3.25. The van der Waals surface area contributed by atoms with Gasteiger partial charge in [-0.05, 0) is 24.5 Å². The number of guanidine groups is 1. The molecule has 168 valence electrons. The molecule has 0 bridgehead atoms. The van der Waals surface area contributed by atoms with E-state index in [1.165, 1.54) is 12.1 Å². The van der Waals surface area contributed by atoms with Crippen LogP contribution in [0.4, 0.5) is 13.2 Å². The lowest BCUT2D eigenvalue weighted by Gasteiger charge is -2.20. The zero-order valence-electron chi connectivity index (χ0n) is 17.2. The van der Waals surface area contributed by atoms with Gasteiger partial charge in [0.1, 0.15) is 5.75 Å². The van der Waals surface area contributed by atoms with Crippen molar-refractivity contribution in [2.45, 2.75) is 51.1 Å². The van der Waals surface area contributed by atoms with Crippen molar-refractivity contribution in [1.82, 2.24) is 15.5 Å². The number of aliphatic imine (C=N–C) groups is 1. The highest BCUT2D eigenvalue weighted by molar-refractivity contribution is 14.0. The van der Waals surface area contributed by atoms with Crippen LogP contribution in [0.3, 0.4) is 0 Å². The lowest BCUT2D eigenvalue weighted by Crippen LogP contribution is -2.46. The molecule has 1 heterocycles. The van der Waals surface area contributed by atoms with Gasteiger partial charge in [0.25, 0.3) is 0 Å². The molecule has 0 aromatic heterocycles. The van der Waals surface area contributed by atoms with Gasteiger partial charge < -0.3 is 20.3 Å². The summed E-state index contributed by atoms with van der Waals surface area (Å²) >= 11 is 0. The van der Waals surface area contributed by atoms with Gasteiger partial charge >= 0.3 is 6.36 Å². The van der Waals surface area contributed by atoms with E-state index in [0.717, 1.165) is 6.42 Å². The lowest BCUT2D eigenvalue weighted by molar-refractivity contribution is -0.274. The van der Waals surface area contributed by atoms with Crippen molar-refractivity contribution in [2.75, 3.05) is 20.1 Å². The second-order valence-corrected chi connectivity index (χ2v) is 7.82. The Balaban J connectivity index is 0.00000320. The standard InChI is InChI=1S/C20H27F3N4O2.HI/c1-12(2)18(28)27-9-8-13(11-27)25-19(24-3)26-16-10-15(16)14-6-4-5-7-17(14)29-20(21,22)23;/h4-7,12-13,15-16H,8-11H2,1-3H3,(H2,24,25,26);1H. The number of carbonyl (C=O) groups excluding carboxylic acids is 1. The molecule has 30 heavy (non-hydrogen) atoms. The Hall–Kier alpha value is -1.72. The number of rotatable bonds is 5. The number of likely N-dealkylation sites (tertiary alicyclic amines) is 1. The Morgan fingerprint density at radius 2 is 1.97 bits per heavy atom. The van der Waals surface area contributed by atoms with Gasteiger partial charge in [-0.2, -0.15) is 0 Å². The maximum absolute atomic E-state index is 12.6. The number of hydrogen-bond acceptors (Lipinski definition) is 3. The van der Waals surface area contributed by atoms with E-state index in [2.05, 4.69) is 20.4 Å². The van der Waals surface area contributed by atoms with Crippen LogP contribution in [-0.4, -0.2) is 55.3 Å². The monoisotopic (exact) mass is 540 g/mol. The van der Waals surface area contributed by atoms with Crippen LogP contribution in [0.2, 0.25) is 0 Å². The summed E-state index contributed by atoms with van der Waals surface area (Å²) in [6.07, 6.45) is -3.19. The Morgan fingerprint density at radius 3 is 2.60 bits per heavy atom. The first-order valence-corrected chi connectivity index (χ1v) is 9.81. The topological polar surface area (TPSA) is 66.0 Å². The smallest absolute Gasteiger partial charge is 0.405 e. The van der Waals surface area contributed by atoms with Crippen molar-refractivity contribution in [1.29, 1.82) is 0 Å². The van der Waals surface area contributed by atoms with Crippen LogP contribution in [0.5, 0.6) is 5.75 Å². The molecule has 0 spiro atoms. The van der Waals surface area contributed by atoms with Gasteiger partial charge in [-0.15, -0.1) is 37.1 Å². The molecule has 1 amide bonds. The molecule has 3 rings (SSSR count). The fraction of sp³-hybridized carbons (Fsp3) is 0.600. The number of hydrogen-bond donors (Lipinski definition) is 2.